The van der Waals surface area contributed by atoms with Gasteiger partial charge in [0.1, 0.15) is 0 Å². The summed E-state index contributed by atoms with van der Waals surface area (Å²) in [4.78, 5) is 5.08. The highest BCUT2D eigenvalue weighted by molar-refractivity contribution is 5.19. The van der Waals surface area contributed by atoms with Gasteiger partial charge in [0.25, 0.3) is 0 Å². The number of nitrogens with zero attached hydrogens (tertiary/aromatic N) is 2. The van der Waals surface area contributed by atoms with Crippen molar-refractivity contribution in [3.8, 4) is 0 Å². The molecule has 0 heterocycles. The monoisotopic (exact) mass is 406 g/mol. The van der Waals surface area contributed by atoms with Crippen LogP contribution in [-0.4, -0.2) is 16.5 Å². The highest BCUT2D eigenvalue weighted by Crippen LogP contribution is 2.15. The second-order valence-corrected chi connectivity index (χ2v) is 8.06. The van der Waals surface area contributed by atoms with Crippen molar-refractivity contribution in [2.24, 2.45) is 0 Å². The zero-order valence-electron chi connectivity index (χ0n) is 18.0. The average Bonchev–Trinajstić information content (AvgIpc) is 2.82. The fourth-order valence-corrected chi connectivity index (χ4v) is 3.96. The van der Waals surface area contributed by atoms with Crippen LogP contribution in [0.4, 0.5) is 0 Å². The number of rotatable bonds is 10. The van der Waals surface area contributed by atoms with Gasteiger partial charge in [-0.15, -0.1) is 0 Å². The van der Waals surface area contributed by atoms with Gasteiger partial charge in [-0.1, -0.05) is 121 Å². The fourth-order valence-electron chi connectivity index (χ4n) is 3.96. The summed E-state index contributed by atoms with van der Waals surface area (Å²) >= 11 is 0. The fraction of sp³-hybridized carbons (Fsp3) is 0.172. The molecule has 31 heavy (non-hydrogen) atoms. The first-order valence-electron chi connectivity index (χ1n) is 11.0. The molecule has 0 aliphatic heterocycles. The first-order valence-corrected chi connectivity index (χ1v) is 11.0. The van der Waals surface area contributed by atoms with Gasteiger partial charge in [0.2, 0.25) is 0 Å². The molecular weight excluding hydrogens is 376 g/mol. The first kappa shape index (κ1) is 21.0. The minimum Gasteiger partial charge on any atom is -0.282 e. The van der Waals surface area contributed by atoms with E-state index in [2.05, 4.69) is 131 Å². The van der Waals surface area contributed by atoms with Crippen molar-refractivity contribution in [1.29, 1.82) is 0 Å². The van der Waals surface area contributed by atoms with Crippen molar-refractivity contribution in [2.45, 2.75) is 26.2 Å². The van der Waals surface area contributed by atoms with Gasteiger partial charge in [0.05, 0.1) is 6.67 Å². The quantitative estimate of drug-likeness (QED) is 0.283. The van der Waals surface area contributed by atoms with E-state index < -0.39 is 0 Å². The molecule has 2 heteroatoms. The van der Waals surface area contributed by atoms with Gasteiger partial charge in [-0.05, 0) is 22.3 Å². The van der Waals surface area contributed by atoms with Crippen LogP contribution >= 0.6 is 0 Å². The Labute approximate surface area is 186 Å². The van der Waals surface area contributed by atoms with E-state index in [1.54, 1.807) is 0 Å². The summed E-state index contributed by atoms with van der Waals surface area (Å²) in [5.41, 5.74) is 5.38. The lowest BCUT2D eigenvalue weighted by atomic mass is 10.1. The minimum absolute atomic E-state index is 0.896. The van der Waals surface area contributed by atoms with E-state index in [1.807, 2.05) is 0 Å². The van der Waals surface area contributed by atoms with Gasteiger partial charge in [-0.3, -0.25) is 9.80 Å². The summed E-state index contributed by atoms with van der Waals surface area (Å²) in [6.45, 7) is 4.60. The number of hydrogen-bond donors (Lipinski definition) is 0. The maximum Gasteiger partial charge on any atom is 0.0519 e. The zero-order chi connectivity index (χ0) is 21.1. The van der Waals surface area contributed by atoms with E-state index >= 15 is 0 Å². The van der Waals surface area contributed by atoms with Crippen molar-refractivity contribution in [1.82, 2.24) is 9.80 Å². The van der Waals surface area contributed by atoms with Crippen LogP contribution in [0.25, 0.3) is 0 Å². The van der Waals surface area contributed by atoms with Crippen molar-refractivity contribution in [3.05, 3.63) is 144 Å². The predicted octanol–water partition coefficient (Wildman–Crippen LogP) is 6.35. The van der Waals surface area contributed by atoms with E-state index in [0.717, 1.165) is 32.8 Å². The van der Waals surface area contributed by atoms with Crippen molar-refractivity contribution < 1.29 is 0 Å². The molecule has 0 fully saturated rings. The molecule has 0 saturated heterocycles. The highest BCUT2D eigenvalue weighted by atomic mass is 15.3. The number of benzene rings is 4. The van der Waals surface area contributed by atoms with Gasteiger partial charge >= 0.3 is 0 Å². The molecule has 0 amide bonds. The van der Waals surface area contributed by atoms with E-state index in [-0.39, 0.29) is 0 Å². The third-order valence-corrected chi connectivity index (χ3v) is 5.40. The Morgan fingerprint density at radius 3 is 0.774 bits per heavy atom. The van der Waals surface area contributed by atoms with Crippen LogP contribution in [0.2, 0.25) is 0 Å². The molecule has 4 aromatic rings. The number of hydrogen-bond acceptors (Lipinski definition) is 2. The van der Waals surface area contributed by atoms with Crippen LogP contribution in [0, 0.1) is 0 Å². The molecule has 2 nitrogen and oxygen atoms in total. The first-order chi connectivity index (χ1) is 15.3. The topological polar surface area (TPSA) is 6.48 Å². The van der Waals surface area contributed by atoms with E-state index in [0.29, 0.717) is 0 Å². The maximum atomic E-state index is 2.54. The third-order valence-electron chi connectivity index (χ3n) is 5.40. The summed E-state index contributed by atoms with van der Waals surface area (Å²) in [5.74, 6) is 0. The third kappa shape index (κ3) is 6.92. The Kier molecular flexibility index (Phi) is 7.65. The van der Waals surface area contributed by atoms with Crippen molar-refractivity contribution in [3.63, 3.8) is 0 Å². The van der Waals surface area contributed by atoms with Crippen LogP contribution in [0.1, 0.15) is 22.3 Å². The summed E-state index contributed by atoms with van der Waals surface area (Å²) in [5, 5.41) is 0. The molecule has 0 N–H and O–H groups in total. The molecule has 0 aromatic heterocycles. The SMILES string of the molecule is c1ccc(CN(Cc2ccccc2)CN(Cc2ccccc2)Cc2ccccc2)cc1. The minimum atomic E-state index is 0.896. The van der Waals surface area contributed by atoms with Crippen molar-refractivity contribution >= 4 is 0 Å². The lowest BCUT2D eigenvalue weighted by Crippen LogP contribution is -2.36. The second-order valence-electron chi connectivity index (χ2n) is 8.06. The zero-order valence-corrected chi connectivity index (χ0v) is 18.0. The van der Waals surface area contributed by atoms with E-state index in [9.17, 15) is 0 Å². The van der Waals surface area contributed by atoms with Crippen LogP contribution in [0.5, 0.6) is 0 Å². The van der Waals surface area contributed by atoms with Gasteiger partial charge in [-0.2, -0.15) is 0 Å². The second kappa shape index (κ2) is 11.3. The molecule has 0 radical (unpaired) electrons. The lowest BCUT2D eigenvalue weighted by Gasteiger charge is -2.31. The lowest BCUT2D eigenvalue weighted by molar-refractivity contribution is 0.107. The summed E-state index contributed by atoms with van der Waals surface area (Å²) < 4.78 is 0. The highest BCUT2D eigenvalue weighted by Gasteiger charge is 2.14. The molecule has 0 atom stereocenters. The molecule has 0 aliphatic rings. The molecular formula is C29H30N2. The van der Waals surface area contributed by atoms with Crippen LogP contribution in [0.3, 0.4) is 0 Å². The Balaban J connectivity index is 1.55. The summed E-state index contributed by atoms with van der Waals surface area (Å²) in [6.07, 6.45) is 0. The summed E-state index contributed by atoms with van der Waals surface area (Å²) in [6, 6.07) is 43.1. The predicted molar refractivity (Wildman–Crippen MR) is 129 cm³/mol. The molecule has 0 aliphatic carbocycles. The standard InChI is InChI=1S/C29H30N2/c1-5-13-26(14-6-1)21-30(22-27-15-7-2-8-16-27)25-31(23-28-17-9-3-10-18-28)24-29-19-11-4-12-20-29/h1-20H,21-25H2. The largest absolute Gasteiger partial charge is 0.282 e. The van der Waals surface area contributed by atoms with Gasteiger partial charge < -0.3 is 0 Å². The van der Waals surface area contributed by atoms with Crippen molar-refractivity contribution in [2.75, 3.05) is 6.67 Å². The molecule has 4 rings (SSSR count). The van der Waals surface area contributed by atoms with Crippen LogP contribution in [0.15, 0.2) is 121 Å². The van der Waals surface area contributed by atoms with E-state index in [1.165, 1.54) is 22.3 Å². The van der Waals surface area contributed by atoms with Crippen LogP contribution in [-0.2, 0) is 26.2 Å². The van der Waals surface area contributed by atoms with Gasteiger partial charge in [-0.25, -0.2) is 0 Å². The molecule has 0 saturated carbocycles. The van der Waals surface area contributed by atoms with Gasteiger partial charge in [0.15, 0.2) is 0 Å². The molecule has 0 bridgehead atoms. The Bertz CT molecular complexity index is 834. The summed E-state index contributed by atoms with van der Waals surface area (Å²) in [7, 11) is 0. The Morgan fingerprint density at radius 2 is 0.548 bits per heavy atom. The van der Waals surface area contributed by atoms with Gasteiger partial charge in [0, 0.05) is 26.2 Å². The van der Waals surface area contributed by atoms with Crippen LogP contribution < -0.4 is 0 Å². The normalized spacial score (nSPS) is 11.2. The Hall–Kier alpha value is -3.20. The molecule has 156 valence electrons. The molecule has 0 unspecified atom stereocenters. The average molecular weight is 407 g/mol. The van der Waals surface area contributed by atoms with E-state index in [4.69, 9.17) is 0 Å². The smallest absolute Gasteiger partial charge is 0.0519 e. The maximum absolute atomic E-state index is 2.54. The molecule has 0 spiro atoms. The molecule has 4 aromatic carbocycles. The Morgan fingerprint density at radius 1 is 0.323 bits per heavy atom.